The van der Waals surface area contributed by atoms with E-state index >= 15 is 0 Å². The fourth-order valence-electron chi connectivity index (χ4n) is 1.53. The third-order valence-electron chi connectivity index (χ3n) is 2.38. The zero-order valence-electron chi connectivity index (χ0n) is 11.8. The van der Waals surface area contributed by atoms with Crippen LogP contribution in [-0.2, 0) is 9.53 Å². The molecule has 0 saturated heterocycles. The maximum atomic E-state index is 11.4. The molecule has 6 nitrogen and oxygen atoms in total. The van der Waals surface area contributed by atoms with Crippen LogP contribution >= 0.6 is 0 Å². The Hall–Kier alpha value is -1.30. The number of aliphatic carboxylic acids is 1. The van der Waals surface area contributed by atoms with Gasteiger partial charge in [0, 0.05) is 6.54 Å². The lowest BCUT2D eigenvalue weighted by Crippen LogP contribution is -2.49. The number of alkyl carbamates (subject to hydrolysis) is 1. The minimum Gasteiger partial charge on any atom is -0.480 e. The van der Waals surface area contributed by atoms with E-state index in [-0.39, 0.29) is 6.54 Å². The summed E-state index contributed by atoms with van der Waals surface area (Å²) >= 11 is 0. The molecule has 0 aliphatic heterocycles. The Morgan fingerprint density at radius 1 is 1.28 bits per heavy atom. The van der Waals surface area contributed by atoms with Gasteiger partial charge in [0.2, 0.25) is 0 Å². The normalized spacial score (nSPS) is 13.2. The van der Waals surface area contributed by atoms with E-state index in [4.69, 9.17) is 9.84 Å². The molecule has 0 bridgehead atoms. The van der Waals surface area contributed by atoms with Gasteiger partial charge in [-0.3, -0.25) is 9.69 Å². The SMILES string of the molecule is CCN(CC)C(CNC(=O)OC(C)(C)C)C(=O)O. The highest BCUT2D eigenvalue weighted by atomic mass is 16.6. The molecule has 0 fully saturated rings. The lowest BCUT2D eigenvalue weighted by molar-refractivity contribution is -0.142. The summed E-state index contributed by atoms with van der Waals surface area (Å²) in [5.74, 6) is -0.949. The molecule has 0 rings (SSSR count). The van der Waals surface area contributed by atoms with Crippen LogP contribution in [0.1, 0.15) is 34.6 Å². The van der Waals surface area contributed by atoms with Crippen molar-refractivity contribution < 1.29 is 19.4 Å². The van der Waals surface area contributed by atoms with Crippen LogP contribution in [0, 0.1) is 0 Å². The highest BCUT2D eigenvalue weighted by molar-refractivity contribution is 5.75. The number of amides is 1. The first-order valence-electron chi connectivity index (χ1n) is 6.15. The maximum Gasteiger partial charge on any atom is 0.407 e. The third kappa shape index (κ3) is 6.44. The molecule has 106 valence electrons. The summed E-state index contributed by atoms with van der Waals surface area (Å²) in [5.41, 5.74) is -0.585. The van der Waals surface area contributed by atoms with Gasteiger partial charge in [-0.25, -0.2) is 4.79 Å². The number of carbonyl (C=O) groups excluding carboxylic acids is 1. The third-order valence-corrected chi connectivity index (χ3v) is 2.38. The van der Waals surface area contributed by atoms with Crippen LogP contribution < -0.4 is 5.32 Å². The predicted octanol–water partition coefficient (Wildman–Crippen LogP) is 1.31. The molecule has 0 spiro atoms. The molecule has 1 atom stereocenters. The van der Waals surface area contributed by atoms with Gasteiger partial charge in [0.05, 0.1) is 0 Å². The van der Waals surface area contributed by atoms with Crippen molar-refractivity contribution in [2.24, 2.45) is 0 Å². The minimum atomic E-state index is -0.949. The topological polar surface area (TPSA) is 78.9 Å². The fraction of sp³-hybridized carbons (Fsp3) is 0.833. The number of hydrogen-bond donors (Lipinski definition) is 2. The largest absolute Gasteiger partial charge is 0.480 e. The van der Waals surface area contributed by atoms with E-state index in [9.17, 15) is 9.59 Å². The lowest BCUT2D eigenvalue weighted by Gasteiger charge is -2.27. The molecule has 6 heteroatoms. The van der Waals surface area contributed by atoms with Crippen LogP contribution in [0.25, 0.3) is 0 Å². The molecule has 0 aliphatic rings. The zero-order valence-corrected chi connectivity index (χ0v) is 11.8. The molecular weight excluding hydrogens is 236 g/mol. The van der Waals surface area contributed by atoms with Gasteiger partial charge in [-0.15, -0.1) is 0 Å². The van der Waals surface area contributed by atoms with Gasteiger partial charge in [0.1, 0.15) is 11.6 Å². The summed E-state index contributed by atoms with van der Waals surface area (Å²) < 4.78 is 5.05. The van der Waals surface area contributed by atoms with Gasteiger partial charge in [-0.2, -0.15) is 0 Å². The first kappa shape index (κ1) is 16.7. The van der Waals surface area contributed by atoms with Crippen LogP contribution in [0.3, 0.4) is 0 Å². The number of rotatable bonds is 6. The molecule has 1 amide bonds. The number of likely N-dealkylation sites (N-methyl/N-ethyl adjacent to an activating group) is 1. The molecule has 0 heterocycles. The smallest absolute Gasteiger partial charge is 0.407 e. The van der Waals surface area contributed by atoms with Crippen molar-refractivity contribution in [2.45, 2.75) is 46.3 Å². The van der Waals surface area contributed by atoms with Crippen LogP contribution in [0.4, 0.5) is 4.79 Å². The highest BCUT2D eigenvalue weighted by Gasteiger charge is 2.25. The molecule has 0 aliphatic carbocycles. The molecule has 1 unspecified atom stereocenters. The molecular formula is C12H24N2O4. The molecule has 0 radical (unpaired) electrons. The molecule has 0 aromatic heterocycles. The highest BCUT2D eigenvalue weighted by Crippen LogP contribution is 2.06. The number of carbonyl (C=O) groups is 2. The summed E-state index contributed by atoms with van der Waals surface area (Å²) in [7, 11) is 0. The van der Waals surface area contributed by atoms with Gasteiger partial charge >= 0.3 is 12.1 Å². The van der Waals surface area contributed by atoms with Crippen LogP contribution in [-0.4, -0.2) is 53.3 Å². The van der Waals surface area contributed by atoms with E-state index in [0.717, 1.165) is 0 Å². The van der Waals surface area contributed by atoms with Gasteiger partial charge in [-0.05, 0) is 33.9 Å². The van der Waals surface area contributed by atoms with Crippen molar-refractivity contribution in [3.8, 4) is 0 Å². The van der Waals surface area contributed by atoms with E-state index < -0.39 is 23.7 Å². The Bertz CT molecular complexity index is 282. The monoisotopic (exact) mass is 260 g/mol. The number of hydrogen-bond acceptors (Lipinski definition) is 4. The maximum absolute atomic E-state index is 11.4. The molecule has 18 heavy (non-hydrogen) atoms. The molecule has 0 saturated carbocycles. The summed E-state index contributed by atoms with van der Waals surface area (Å²) in [6.07, 6.45) is -0.596. The zero-order chi connectivity index (χ0) is 14.3. The fourth-order valence-corrected chi connectivity index (χ4v) is 1.53. The molecule has 0 aromatic carbocycles. The standard InChI is InChI=1S/C12H24N2O4/c1-6-14(7-2)9(10(15)16)8-13-11(17)18-12(3,4)5/h9H,6-8H2,1-5H3,(H,13,17)(H,15,16). The van der Waals surface area contributed by atoms with E-state index in [1.165, 1.54) is 0 Å². The van der Waals surface area contributed by atoms with Crippen molar-refractivity contribution >= 4 is 12.1 Å². The summed E-state index contributed by atoms with van der Waals surface area (Å²) in [6, 6.07) is -0.729. The predicted molar refractivity (Wildman–Crippen MR) is 68.6 cm³/mol. The Balaban J connectivity index is 4.36. The second-order valence-electron chi connectivity index (χ2n) is 4.96. The van der Waals surface area contributed by atoms with E-state index in [0.29, 0.717) is 13.1 Å². The molecule has 2 N–H and O–H groups in total. The van der Waals surface area contributed by atoms with Gasteiger partial charge in [0.25, 0.3) is 0 Å². The van der Waals surface area contributed by atoms with Crippen LogP contribution in [0.2, 0.25) is 0 Å². The molecule has 0 aromatic rings. The van der Waals surface area contributed by atoms with Crippen molar-refractivity contribution in [3.63, 3.8) is 0 Å². The number of nitrogens with one attached hydrogen (secondary N) is 1. The van der Waals surface area contributed by atoms with E-state index in [2.05, 4.69) is 5.32 Å². The average molecular weight is 260 g/mol. The quantitative estimate of drug-likeness (QED) is 0.752. The minimum absolute atomic E-state index is 0.0337. The van der Waals surface area contributed by atoms with Crippen molar-refractivity contribution in [2.75, 3.05) is 19.6 Å². The van der Waals surface area contributed by atoms with E-state index in [1.54, 1.807) is 25.7 Å². The first-order valence-corrected chi connectivity index (χ1v) is 6.15. The van der Waals surface area contributed by atoms with Crippen LogP contribution in [0.15, 0.2) is 0 Å². The average Bonchev–Trinajstić information content (AvgIpc) is 2.21. The number of carboxylic acids is 1. The summed E-state index contributed by atoms with van der Waals surface area (Å²) in [5, 5.41) is 11.6. The Morgan fingerprint density at radius 3 is 2.11 bits per heavy atom. The summed E-state index contributed by atoms with van der Waals surface area (Å²) in [6.45, 7) is 10.3. The number of nitrogens with zero attached hydrogens (tertiary/aromatic N) is 1. The second-order valence-corrected chi connectivity index (χ2v) is 4.96. The Kier molecular flexibility index (Phi) is 6.68. The van der Waals surface area contributed by atoms with Crippen molar-refractivity contribution in [3.05, 3.63) is 0 Å². The van der Waals surface area contributed by atoms with Gasteiger partial charge in [-0.1, -0.05) is 13.8 Å². The van der Waals surface area contributed by atoms with Gasteiger partial charge in [0.15, 0.2) is 0 Å². The second kappa shape index (κ2) is 7.20. The first-order chi connectivity index (χ1) is 8.21. The van der Waals surface area contributed by atoms with Crippen LogP contribution in [0.5, 0.6) is 0 Å². The van der Waals surface area contributed by atoms with Crippen molar-refractivity contribution in [1.82, 2.24) is 10.2 Å². The van der Waals surface area contributed by atoms with Gasteiger partial charge < -0.3 is 15.2 Å². The Morgan fingerprint density at radius 2 is 1.78 bits per heavy atom. The summed E-state index contributed by atoms with van der Waals surface area (Å²) in [4.78, 5) is 24.3. The van der Waals surface area contributed by atoms with E-state index in [1.807, 2.05) is 13.8 Å². The number of ether oxygens (including phenoxy) is 1. The Labute approximate surface area is 108 Å². The lowest BCUT2D eigenvalue weighted by atomic mass is 10.2. The number of carboxylic acid groups (broad SMARTS) is 1. The van der Waals surface area contributed by atoms with Crippen molar-refractivity contribution in [1.29, 1.82) is 0 Å².